The molecule has 0 aromatic carbocycles. The molecule has 80 valence electrons. The van der Waals surface area contributed by atoms with Crippen molar-refractivity contribution in [1.29, 1.82) is 0 Å². The molecule has 1 aliphatic rings. The van der Waals surface area contributed by atoms with Gasteiger partial charge in [0.1, 0.15) is 5.69 Å². The number of nitrogens with zero attached hydrogens (tertiary/aromatic N) is 2. The molecule has 0 bridgehead atoms. The summed E-state index contributed by atoms with van der Waals surface area (Å²) < 4.78 is 1.59. The Labute approximate surface area is 86.6 Å². The molecule has 6 heteroatoms. The Balaban J connectivity index is 2.58. The Morgan fingerprint density at radius 2 is 2.20 bits per heavy atom. The number of aromatic nitrogens is 2. The van der Waals surface area contributed by atoms with Crippen LogP contribution in [0.25, 0.3) is 0 Å². The minimum absolute atomic E-state index is 0.0106. The molecule has 1 aromatic heterocycles. The van der Waals surface area contributed by atoms with Crippen LogP contribution < -0.4 is 10.6 Å². The number of anilines is 1. The zero-order valence-electron chi connectivity index (χ0n) is 8.63. The third kappa shape index (κ3) is 1.47. The van der Waals surface area contributed by atoms with Crippen molar-refractivity contribution < 1.29 is 9.59 Å². The number of amides is 2. The van der Waals surface area contributed by atoms with Gasteiger partial charge in [0.2, 0.25) is 5.91 Å². The summed E-state index contributed by atoms with van der Waals surface area (Å²) >= 11 is 0. The van der Waals surface area contributed by atoms with Gasteiger partial charge in [0, 0.05) is 6.54 Å². The predicted molar refractivity (Wildman–Crippen MR) is 53.6 cm³/mol. The van der Waals surface area contributed by atoms with Crippen molar-refractivity contribution in [1.82, 2.24) is 15.1 Å². The van der Waals surface area contributed by atoms with Gasteiger partial charge in [0.25, 0.3) is 5.91 Å². The molecule has 2 rings (SSSR count). The third-order valence-electron chi connectivity index (χ3n) is 2.32. The Morgan fingerprint density at radius 1 is 1.47 bits per heavy atom. The molecule has 15 heavy (non-hydrogen) atoms. The standard InChI is InChI=1S/C9H12N4O2/c1-3-13-8-7(5(2)12-13)11-6(14)4-10-9(8)15/h3-4H2,1-2H3,(H,10,15)(H,11,14). The second-order valence-electron chi connectivity index (χ2n) is 3.36. The van der Waals surface area contributed by atoms with Gasteiger partial charge in [-0.2, -0.15) is 5.10 Å². The van der Waals surface area contributed by atoms with Gasteiger partial charge >= 0.3 is 0 Å². The largest absolute Gasteiger partial charge is 0.342 e. The second-order valence-corrected chi connectivity index (χ2v) is 3.36. The van der Waals surface area contributed by atoms with Crippen LogP contribution in [0.2, 0.25) is 0 Å². The van der Waals surface area contributed by atoms with E-state index in [0.717, 1.165) is 0 Å². The van der Waals surface area contributed by atoms with Crippen LogP contribution >= 0.6 is 0 Å². The summed E-state index contributed by atoms with van der Waals surface area (Å²) in [5, 5.41) is 9.38. The second kappa shape index (κ2) is 3.38. The van der Waals surface area contributed by atoms with Crippen molar-refractivity contribution in [2.45, 2.75) is 20.4 Å². The maximum Gasteiger partial charge on any atom is 0.272 e. The number of aryl methyl sites for hydroxylation is 2. The zero-order valence-corrected chi connectivity index (χ0v) is 8.63. The van der Waals surface area contributed by atoms with Crippen LogP contribution in [0.3, 0.4) is 0 Å². The van der Waals surface area contributed by atoms with E-state index in [0.29, 0.717) is 23.6 Å². The lowest BCUT2D eigenvalue weighted by molar-refractivity contribution is -0.115. The van der Waals surface area contributed by atoms with Gasteiger partial charge in [0.15, 0.2) is 0 Å². The lowest BCUT2D eigenvalue weighted by Gasteiger charge is -2.02. The molecule has 6 nitrogen and oxygen atoms in total. The number of fused-ring (bicyclic) bond motifs is 1. The molecule has 0 fully saturated rings. The van der Waals surface area contributed by atoms with Crippen LogP contribution in [0.4, 0.5) is 5.69 Å². The van der Waals surface area contributed by atoms with E-state index in [2.05, 4.69) is 15.7 Å². The molecule has 0 radical (unpaired) electrons. The molecule has 0 saturated carbocycles. The summed E-state index contributed by atoms with van der Waals surface area (Å²) in [5.74, 6) is -0.480. The molecule has 1 aromatic rings. The summed E-state index contributed by atoms with van der Waals surface area (Å²) in [5.41, 5.74) is 1.62. The lowest BCUT2D eigenvalue weighted by Crippen LogP contribution is -2.30. The molecular formula is C9H12N4O2. The van der Waals surface area contributed by atoms with Crippen LogP contribution in [0.1, 0.15) is 23.1 Å². The van der Waals surface area contributed by atoms with Crippen LogP contribution in [-0.2, 0) is 11.3 Å². The third-order valence-corrected chi connectivity index (χ3v) is 2.32. The SMILES string of the molecule is CCn1nc(C)c2c1C(=O)NCC(=O)N2. The Hall–Kier alpha value is -1.85. The summed E-state index contributed by atoms with van der Waals surface area (Å²) in [7, 11) is 0. The van der Waals surface area contributed by atoms with Gasteiger partial charge < -0.3 is 10.6 Å². The number of carbonyl (C=O) groups is 2. The summed E-state index contributed by atoms with van der Waals surface area (Å²) in [6, 6.07) is 0. The van der Waals surface area contributed by atoms with E-state index in [1.54, 1.807) is 11.6 Å². The first-order chi connectivity index (χ1) is 7.13. The van der Waals surface area contributed by atoms with Gasteiger partial charge in [0.05, 0.1) is 17.9 Å². The lowest BCUT2D eigenvalue weighted by atomic mass is 10.3. The highest BCUT2D eigenvalue weighted by atomic mass is 16.2. The van der Waals surface area contributed by atoms with Crippen molar-refractivity contribution in [3.05, 3.63) is 11.4 Å². The van der Waals surface area contributed by atoms with Crippen molar-refractivity contribution in [2.75, 3.05) is 11.9 Å². The van der Waals surface area contributed by atoms with Crippen molar-refractivity contribution in [3.63, 3.8) is 0 Å². The van der Waals surface area contributed by atoms with E-state index in [1.807, 2.05) is 6.92 Å². The van der Waals surface area contributed by atoms with Crippen LogP contribution in [0, 0.1) is 6.92 Å². The quantitative estimate of drug-likeness (QED) is 0.676. The summed E-state index contributed by atoms with van der Waals surface area (Å²) in [6.45, 7) is 4.27. The molecule has 0 saturated heterocycles. The Morgan fingerprint density at radius 3 is 2.87 bits per heavy atom. The highest BCUT2D eigenvalue weighted by molar-refractivity contribution is 6.08. The van der Waals surface area contributed by atoms with Crippen LogP contribution in [0.15, 0.2) is 0 Å². The van der Waals surface area contributed by atoms with E-state index in [1.165, 1.54) is 0 Å². The van der Waals surface area contributed by atoms with Gasteiger partial charge in [-0.3, -0.25) is 14.3 Å². The summed E-state index contributed by atoms with van der Waals surface area (Å²) in [4.78, 5) is 23.0. The smallest absolute Gasteiger partial charge is 0.272 e. The highest BCUT2D eigenvalue weighted by Gasteiger charge is 2.25. The molecule has 0 spiro atoms. The molecule has 2 N–H and O–H groups in total. The molecule has 0 unspecified atom stereocenters. The maximum atomic E-state index is 11.7. The number of rotatable bonds is 1. The normalized spacial score (nSPS) is 15.3. The van der Waals surface area contributed by atoms with Gasteiger partial charge in [-0.1, -0.05) is 0 Å². The van der Waals surface area contributed by atoms with Crippen LogP contribution in [0.5, 0.6) is 0 Å². The monoisotopic (exact) mass is 208 g/mol. The zero-order chi connectivity index (χ0) is 11.0. The minimum atomic E-state index is -0.259. The fraction of sp³-hybridized carbons (Fsp3) is 0.444. The molecular weight excluding hydrogens is 196 g/mol. The van der Waals surface area contributed by atoms with E-state index in [-0.39, 0.29) is 18.4 Å². The van der Waals surface area contributed by atoms with Gasteiger partial charge in [-0.25, -0.2) is 0 Å². The fourth-order valence-corrected chi connectivity index (χ4v) is 1.62. The molecule has 1 aliphatic heterocycles. The number of hydrogen-bond donors (Lipinski definition) is 2. The van der Waals surface area contributed by atoms with Gasteiger partial charge in [-0.05, 0) is 13.8 Å². The summed E-state index contributed by atoms with van der Waals surface area (Å²) in [6.07, 6.45) is 0. The topological polar surface area (TPSA) is 76.0 Å². The maximum absolute atomic E-state index is 11.7. The van der Waals surface area contributed by atoms with Crippen molar-refractivity contribution >= 4 is 17.5 Å². The Bertz CT molecular complexity index is 436. The average Bonchev–Trinajstić information content (AvgIpc) is 2.43. The molecule has 0 atom stereocenters. The highest BCUT2D eigenvalue weighted by Crippen LogP contribution is 2.21. The molecule has 2 heterocycles. The first kappa shape index (κ1) is 9.70. The number of nitrogens with one attached hydrogen (secondary N) is 2. The van der Waals surface area contributed by atoms with E-state index in [4.69, 9.17) is 0 Å². The van der Waals surface area contributed by atoms with E-state index >= 15 is 0 Å². The number of hydrogen-bond acceptors (Lipinski definition) is 3. The first-order valence-corrected chi connectivity index (χ1v) is 4.79. The minimum Gasteiger partial charge on any atom is -0.342 e. The number of carbonyl (C=O) groups excluding carboxylic acids is 2. The van der Waals surface area contributed by atoms with Crippen molar-refractivity contribution in [3.8, 4) is 0 Å². The van der Waals surface area contributed by atoms with E-state index < -0.39 is 0 Å². The van der Waals surface area contributed by atoms with Crippen molar-refractivity contribution in [2.24, 2.45) is 0 Å². The fourth-order valence-electron chi connectivity index (χ4n) is 1.62. The first-order valence-electron chi connectivity index (χ1n) is 4.79. The van der Waals surface area contributed by atoms with E-state index in [9.17, 15) is 9.59 Å². The predicted octanol–water partition coefficient (Wildman–Crippen LogP) is -0.107. The molecule has 2 amide bonds. The Kier molecular flexibility index (Phi) is 2.18. The van der Waals surface area contributed by atoms with Gasteiger partial charge in [-0.15, -0.1) is 0 Å². The molecule has 0 aliphatic carbocycles. The van der Waals surface area contributed by atoms with Crippen LogP contribution in [-0.4, -0.2) is 28.1 Å². The average molecular weight is 208 g/mol.